The molecule has 4 nitrogen and oxygen atoms in total. The molecule has 2 aliphatic carbocycles. The zero-order chi connectivity index (χ0) is 16.0. The molecule has 3 rings (SSSR count). The first-order valence-corrected chi connectivity index (χ1v) is 8.43. The van der Waals surface area contributed by atoms with Crippen molar-refractivity contribution < 1.29 is 19.1 Å². The minimum Gasteiger partial charge on any atom is -0.459 e. The van der Waals surface area contributed by atoms with Gasteiger partial charge in [-0.3, -0.25) is 4.79 Å². The van der Waals surface area contributed by atoms with Gasteiger partial charge in [-0.2, -0.15) is 0 Å². The van der Waals surface area contributed by atoms with Gasteiger partial charge in [0.2, 0.25) is 5.60 Å². The van der Waals surface area contributed by atoms with Crippen LogP contribution in [-0.4, -0.2) is 23.6 Å². The smallest absolute Gasteiger partial charge is 0.351 e. The number of hydrogen-bond acceptors (Lipinski definition) is 4. The van der Waals surface area contributed by atoms with Gasteiger partial charge in [0.1, 0.15) is 6.10 Å². The molecule has 2 fully saturated rings. The lowest BCUT2D eigenvalue weighted by atomic mass is 9.66. The molecular weight excluding hydrogens is 280 g/mol. The number of ether oxygens (including phenoxy) is 2. The second kappa shape index (κ2) is 5.10. The van der Waals surface area contributed by atoms with Gasteiger partial charge in [-0.25, -0.2) is 4.79 Å². The Morgan fingerprint density at radius 3 is 2.55 bits per heavy atom. The molecule has 0 radical (unpaired) electrons. The van der Waals surface area contributed by atoms with Gasteiger partial charge < -0.3 is 9.47 Å². The lowest BCUT2D eigenvalue weighted by Gasteiger charge is -2.35. The zero-order valence-corrected chi connectivity index (χ0v) is 13.8. The van der Waals surface area contributed by atoms with Crippen LogP contribution in [-0.2, 0) is 19.1 Å². The van der Waals surface area contributed by atoms with Crippen molar-refractivity contribution in [2.45, 2.75) is 77.4 Å². The van der Waals surface area contributed by atoms with E-state index in [0.29, 0.717) is 12.8 Å². The molecule has 1 heterocycles. The SMILES string of the molecule is CC1(C)[C@@]2(C(=O)O[C@@H]3CC/C=C\CCC3)CC[C@]1(C)C(=O)O2. The molecule has 122 valence electrons. The lowest BCUT2D eigenvalue weighted by molar-refractivity contribution is -0.187. The Balaban J connectivity index is 1.77. The normalized spacial score (nSPS) is 41.4. The molecule has 0 aromatic rings. The summed E-state index contributed by atoms with van der Waals surface area (Å²) in [4.78, 5) is 25.1. The first-order valence-electron chi connectivity index (χ1n) is 8.43. The van der Waals surface area contributed by atoms with E-state index in [9.17, 15) is 9.59 Å². The third-order valence-corrected chi connectivity index (χ3v) is 6.41. The summed E-state index contributed by atoms with van der Waals surface area (Å²) < 4.78 is 11.4. The van der Waals surface area contributed by atoms with E-state index in [1.807, 2.05) is 20.8 Å². The number of fused-ring (bicyclic) bond motifs is 2. The van der Waals surface area contributed by atoms with Crippen LogP contribution in [0.25, 0.3) is 0 Å². The van der Waals surface area contributed by atoms with Gasteiger partial charge in [-0.15, -0.1) is 0 Å². The van der Waals surface area contributed by atoms with Gasteiger partial charge in [0.15, 0.2) is 0 Å². The number of allylic oxidation sites excluding steroid dienone is 2. The topological polar surface area (TPSA) is 52.6 Å². The minimum atomic E-state index is -1.09. The molecule has 0 aromatic carbocycles. The summed E-state index contributed by atoms with van der Waals surface area (Å²) >= 11 is 0. The minimum absolute atomic E-state index is 0.0613. The van der Waals surface area contributed by atoms with Crippen molar-refractivity contribution in [3.63, 3.8) is 0 Å². The van der Waals surface area contributed by atoms with Gasteiger partial charge >= 0.3 is 11.9 Å². The van der Waals surface area contributed by atoms with E-state index in [4.69, 9.17) is 9.47 Å². The number of carbonyl (C=O) groups excluding carboxylic acids is 2. The molecule has 0 amide bonds. The van der Waals surface area contributed by atoms with Crippen LogP contribution in [0.2, 0.25) is 0 Å². The fourth-order valence-corrected chi connectivity index (χ4v) is 4.19. The molecule has 0 unspecified atom stereocenters. The van der Waals surface area contributed by atoms with Crippen LogP contribution in [0.1, 0.15) is 65.7 Å². The molecule has 3 atom stereocenters. The van der Waals surface area contributed by atoms with E-state index >= 15 is 0 Å². The average Bonchev–Trinajstić information content (AvgIpc) is 2.72. The molecule has 1 saturated carbocycles. The molecule has 22 heavy (non-hydrogen) atoms. The van der Waals surface area contributed by atoms with Crippen LogP contribution >= 0.6 is 0 Å². The highest BCUT2D eigenvalue weighted by atomic mass is 16.6. The quantitative estimate of drug-likeness (QED) is 0.578. The zero-order valence-electron chi connectivity index (χ0n) is 13.8. The fraction of sp³-hybridized carbons (Fsp3) is 0.778. The van der Waals surface area contributed by atoms with E-state index in [0.717, 1.165) is 32.1 Å². The van der Waals surface area contributed by atoms with Crippen molar-refractivity contribution >= 4 is 11.9 Å². The van der Waals surface area contributed by atoms with Crippen molar-refractivity contribution in [1.82, 2.24) is 0 Å². The Bertz CT molecular complexity index is 521. The second-order valence-electron chi connectivity index (χ2n) is 7.68. The molecule has 0 spiro atoms. The monoisotopic (exact) mass is 306 g/mol. The number of hydrogen-bond donors (Lipinski definition) is 0. The number of esters is 2. The molecule has 1 saturated heterocycles. The standard InChI is InChI=1S/C18H26O4/c1-16(2)17(3)11-12-18(16,22-14(17)19)15(20)21-13-9-7-5-4-6-8-10-13/h4-5,13H,6-12H2,1-3H3/b5-4-/t13-,17-,18+/m1/s1. The summed E-state index contributed by atoms with van der Waals surface area (Å²) in [7, 11) is 0. The van der Waals surface area contributed by atoms with Crippen LogP contribution < -0.4 is 0 Å². The Labute approximate surface area is 132 Å². The van der Waals surface area contributed by atoms with Crippen molar-refractivity contribution in [2.24, 2.45) is 10.8 Å². The predicted octanol–water partition coefficient (Wildman–Crippen LogP) is 3.54. The van der Waals surface area contributed by atoms with Crippen molar-refractivity contribution in [3.05, 3.63) is 12.2 Å². The summed E-state index contributed by atoms with van der Waals surface area (Å²) in [5, 5.41) is 0. The maximum absolute atomic E-state index is 12.9. The van der Waals surface area contributed by atoms with Gasteiger partial charge in [-0.05, 0) is 51.9 Å². The second-order valence-corrected chi connectivity index (χ2v) is 7.68. The van der Waals surface area contributed by atoms with Gasteiger partial charge in [0, 0.05) is 5.41 Å². The molecule has 2 bridgehead atoms. The van der Waals surface area contributed by atoms with Crippen molar-refractivity contribution in [1.29, 1.82) is 0 Å². The van der Waals surface area contributed by atoms with Crippen LogP contribution in [0.4, 0.5) is 0 Å². The molecule has 0 aromatic heterocycles. The van der Waals surface area contributed by atoms with Crippen molar-refractivity contribution in [2.75, 3.05) is 0 Å². The van der Waals surface area contributed by atoms with Gasteiger partial charge in [0.05, 0.1) is 5.41 Å². The third kappa shape index (κ3) is 1.95. The van der Waals surface area contributed by atoms with Gasteiger partial charge in [-0.1, -0.05) is 26.0 Å². The number of rotatable bonds is 2. The van der Waals surface area contributed by atoms with Crippen molar-refractivity contribution in [3.8, 4) is 0 Å². The van der Waals surface area contributed by atoms with Crippen LogP contribution in [0, 0.1) is 10.8 Å². The van der Waals surface area contributed by atoms with Gasteiger partial charge in [0.25, 0.3) is 0 Å². The highest BCUT2D eigenvalue weighted by molar-refractivity contribution is 5.93. The van der Waals surface area contributed by atoms with E-state index < -0.39 is 16.4 Å². The summed E-state index contributed by atoms with van der Waals surface area (Å²) in [6.07, 6.45) is 10.3. The summed E-state index contributed by atoms with van der Waals surface area (Å²) in [5.74, 6) is -0.581. The molecule has 4 heteroatoms. The van der Waals surface area contributed by atoms with E-state index in [-0.39, 0.29) is 18.0 Å². The maximum Gasteiger partial charge on any atom is 0.351 e. The molecule has 0 N–H and O–H groups in total. The Kier molecular flexibility index (Phi) is 3.61. The molecular formula is C18H26O4. The first kappa shape index (κ1) is 15.6. The Morgan fingerprint density at radius 2 is 1.91 bits per heavy atom. The first-order chi connectivity index (χ1) is 10.3. The Hall–Kier alpha value is -1.32. The fourth-order valence-electron chi connectivity index (χ4n) is 4.19. The maximum atomic E-state index is 12.9. The van der Waals surface area contributed by atoms with Crippen LogP contribution in [0.3, 0.4) is 0 Å². The van der Waals surface area contributed by atoms with Crippen LogP contribution in [0.15, 0.2) is 12.2 Å². The van der Waals surface area contributed by atoms with Crippen LogP contribution in [0.5, 0.6) is 0 Å². The number of carbonyl (C=O) groups is 2. The molecule has 3 aliphatic rings. The summed E-state index contributed by atoms with van der Waals surface area (Å²) in [6.45, 7) is 5.85. The van der Waals surface area contributed by atoms with E-state index in [1.165, 1.54) is 0 Å². The largest absolute Gasteiger partial charge is 0.459 e. The van der Waals surface area contributed by atoms with E-state index in [2.05, 4.69) is 12.2 Å². The van der Waals surface area contributed by atoms with E-state index in [1.54, 1.807) is 0 Å². The summed E-state index contributed by atoms with van der Waals surface area (Å²) in [5.41, 5.74) is -2.18. The summed E-state index contributed by atoms with van der Waals surface area (Å²) in [6, 6.07) is 0. The third-order valence-electron chi connectivity index (χ3n) is 6.41. The highest BCUT2D eigenvalue weighted by Gasteiger charge is 2.76. The highest BCUT2D eigenvalue weighted by Crippen LogP contribution is 2.65. The Morgan fingerprint density at radius 1 is 1.18 bits per heavy atom. The lowest BCUT2D eigenvalue weighted by Crippen LogP contribution is -2.49. The molecule has 1 aliphatic heterocycles. The predicted molar refractivity (Wildman–Crippen MR) is 82.1 cm³/mol. The average molecular weight is 306 g/mol.